The van der Waals surface area contributed by atoms with Crippen LogP contribution in [0.4, 0.5) is 5.69 Å². The van der Waals surface area contributed by atoms with Crippen molar-refractivity contribution in [3.63, 3.8) is 0 Å². The van der Waals surface area contributed by atoms with Gasteiger partial charge >= 0.3 is 0 Å². The molecule has 5 heteroatoms. The number of benzene rings is 2. The summed E-state index contributed by atoms with van der Waals surface area (Å²) < 4.78 is 0. The summed E-state index contributed by atoms with van der Waals surface area (Å²) in [6, 6.07) is 13.7. The maximum absolute atomic E-state index is 12.5. The Bertz CT molecular complexity index is 751. The lowest BCUT2D eigenvalue weighted by Gasteiger charge is -2.34. The Labute approximate surface area is 141 Å². The van der Waals surface area contributed by atoms with E-state index in [0.29, 0.717) is 0 Å². The number of carbonyl (C=O) groups excluding carboxylic acids is 2. The number of carbonyl (C=O) groups is 2. The highest BCUT2D eigenvalue weighted by Crippen LogP contribution is 2.21. The molecule has 5 nitrogen and oxygen atoms in total. The third kappa shape index (κ3) is 3.57. The van der Waals surface area contributed by atoms with Crippen molar-refractivity contribution in [2.24, 2.45) is 11.7 Å². The molecule has 1 fully saturated rings. The molecule has 1 saturated heterocycles. The van der Waals surface area contributed by atoms with Gasteiger partial charge in [-0.3, -0.25) is 14.5 Å². The number of nitrogens with one attached hydrogen (secondary N) is 1. The van der Waals surface area contributed by atoms with Crippen LogP contribution in [0, 0.1) is 5.92 Å². The Morgan fingerprint density at radius 2 is 1.79 bits per heavy atom. The van der Waals surface area contributed by atoms with Crippen LogP contribution >= 0.6 is 0 Å². The van der Waals surface area contributed by atoms with E-state index in [4.69, 9.17) is 5.73 Å². The molecule has 0 aliphatic carbocycles. The van der Waals surface area contributed by atoms with Crippen LogP contribution in [-0.4, -0.2) is 35.8 Å². The van der Waals surface area contributed by atoms with Gasteiger partial charge in [-0.05, 0) is 55.8 Å². The third-order valence-electron chi connectivity index (χ3n) is 4.88. The van der Waals surface area contributed by atoms with Gasteiger partial charge in [0.1, 0.15) is 0 Å². The lowest BCUT2D eigenvalue weighted by molar-refractivity contribution is -0.124. The molecule has 1 atom stereocenters. The molecular formula is C19H23N3O2. The van der Waals surface area contributed by atoms with Gasteiger partial charge in [-0.1, -0.05) is 30.3 Å². The summed E-state index contributed by atoms with van der Waals surface area (Å²) in [4.78, 5) is 25.9. The number of nitrogens with zero attached hydrogens (tertiary/aromatic N) is 1. The van der Waals surface area contributed by atoms with Crippen LogP contribution < -0.4 is 11.1 Å². The number of primary amides is 1. The summed E-state index contributed by atoms with van der Waals surface area (Å²) in [5.74, 6) is -0.317. The van der Waals surface area contributed by atoms with Gasteiger partial charge < -0.3 is 11.1 Å². The average Bonchev–Trinajstić information content (AvgIpc) is 2.61. The highest BCUT2D eigenvalue weighted by atomic mass is 16.2. The Kier molecular flexibility index (Phi) is 4.81. The molecule has 0 unspecified atom stereocenters. The fourth-order valence-corrected chi connectivity index (χ4v) is 3.25. The van der Waals surface area contributed by atoms with E-state index < -0.39 is 0 Å². The van der Waals surface area contributed by atoms with Crippen molar-refractivity contribution in [3.05, 3.63) is 42.5 Å². The zero-order chi connectivity index (χ0) is 17.1. The first-order valence-electron chi connectivity index (χ1n) is 8.37. The first-order chi connectivity index (χ1) is 11.5. The van der Waals surface area contributed by atoms with E-state index in [-0.39, 0.29) is 23.8 Å². The molecule has 0 radical (unpaired) electrons. The predicted molar refractivity (Wildman–Crippen MR) is 95.5 cm³/mol. The monoisotopic (exact) mass is 325 g/mol. The van der Waals surface area contributed by atoms with Crippen LogP contribution in [0.3, 0.4) is 0 Å². The molecule has 3 N–H and O–H groups in total. The number of hydrogen-bond donors (Lipinski definition) is 2. The maximum atomic E-state index is 12.5. The highest BCUT2D eigenvalue weighted by Gasteiger charge is 2.28. The van der Waals surface area contributed by atoms with Crippen molar-refractivity contribution in [1.82, 2.24) is 4.90 Å². The second kappa shape index (κ2) is 7.01. The number of rotatable bonds is 4. The second-order valence-corrected chi connectivity index (χ2v) is 6.44. The summed E-state index contributed by atoms with van der Waals surface area (Å²) >= 11 is 0. The molecule has 1 aliphatic rings. The van der Waals surface area contributed by atoms with Gasteiger partial charge in [0.2, 0.25) is 11.8 Å². The van der Waals surface area contributed by atoms with Crippen molar-refractivity contribution in [2.45, 2.75) is 25.8 Å². The van der Waals surface area contributed by atoms with Crippen LogP contribution in [0.1, 0.15) is 19.8 Å². The smallest absolute Gasteiger partial charge is 0.241 e. The van der Waals surface area contributed by atoms with Crippen LogP contribution in [0.25, 0.3) is 10.8 Å². The standard InChI is InChI=1S/C19H23N3O2/c1-13(22-10-8-15(9-11-22)18(20)23)19(24)21-17-7-6-14-4-2-3-5-16(14)12-17/h2-7,12-13,15H,8-11H2,1H3,(H2,20,23)(H,21,24)/t13-/m1/s1. The molecule has 3 rings (SSSR count). The highest BCUT2D eigenvalue weighted by molar-refractivity contribution is 5.97. The second-order valence-electron chi connectivity index (χ2n) is 6.44. The number of fused-ring (bicyclic) bond motifs is 1. The quantitative estimate of drug-likeness (QED) is 0.906. The SMILES string of the molecule is C[C@H](C(=O)Nc1ccc2ccccc2c1)N1CCC(C(N)=O)CC1. The lowest BCUT2D eigenvalue weighted by atomic mass is 9.95. The predicted octanol–water partition coefficient (Wildman–Crippen LogP) is 2.36. The van der Waals surface area contributed by atoms with Crippen molar-refractivity contribution < 1.29 is 9.59 Å². The zero-order valence-electron chi connectivity index (χ0n) is 13.9. The van der Waals surface area contributed by atoms with E-state index in [1.807, 2.05) is 49.4 Å². The fraction of sp³-hybridized carbons (Fsp3) is 0.368. The van der Waals surface area contributed by atoms with E-state index >= 15 is 0 Å². The molecule has 0 saturated carbocycles. The van der Waals surface area contributed by atoms with Crippen molar-refractivity contribution >= 4 is 28.3 Å². The molecule has 0 bridgehead atoms. The van der Waals surface area contributed by atoms with Gasteiger partial charge in [-0.2, -0.15) is 0 Å². The van der Waals surface area contributed by atoms with Gasteiger partial charge in [0.25, 0.3) is 0 Å². The zero-order valence-corrected chi connectivity index (χ0v) is 13.9. The Morgan fingerprint density at radius 3 is 2.46 bits per heavy atom. The maximum Gasteiger partial charge on any atom is 0.241 e. The number of amides is 2. The van der Waals surface area contributed by atoms with Crippen molar-refractivity contribution in [3.8, 4) is 0 Å². The van der Waals surface area contributed by atoms with Crippen LogP contribution in [0.5, 0.6) is 0 Å². The molecule has 0 aromatic heterocycles. The number of hydrogen-bond acceptors (Lipinski definition) is 3. The largest absolute Gasteiger partial charge is 0.369 e. The molecule has 1 heterocycles. The topological polar surface area (TPSA) is 75.4 Å². The summed E-state index contributed by atoms with van der Waals surface area (Å²) in [7, 11) is 0. The minimum Gasteiger partial charge on any atom is -0.369 e. The summed E-state index contributed by atoms with van der Waals surface area (Å²) in [5.41, 5.74) is 6.16. The Hall–Kier alpha value is -2.40. The van der Waals surface area contributed by atoms with E-state index in [1.165, 1.54) is 0 Å². The van der Waals surface area contributed by atoms with Gasteiger partial charge in [0.05, 0.1) is 6.04 Å². The van der Waals surface area contributed by atoms with Gasteiger partial charge in [-0.25, -0.2) is 0 Å². The number of likely N-dealkylation sites (tertiary alicyclic amines) is 1. The third-order valence-corrected chi connectivity index (χ3v) is 4.88. The van der Waals surface area contributed by atoms with E-state index in [0.717, 1.165) is 42.4 Å². The van der Waals surface area contributed by atoms with Crippen LogP contribution in [0.2, 0.25) is 0 Å². The van der Waals surface area contributed by atoms with Gasteiger partial charge in [0, 0.05) is 11.6 Å². The van der Waals surface area contributed by atoms with E-state index in [2.05, 4.69) is 10.2 Å². The molecule has 2 aromatic carbocycles. The summed E-state index contributed by atoms with van der Waals surface area (Å²) in [6.45, 7) is 3.35. The van der Waals surface area contributed by atoms with E-state index in [9.17, 15) is 9.59 Å². The normalized spacial score (nSPS) is 17.5. The fourth-order valence-electron chi connectivity index (χ4n) is 3.25. The first kappa shape index (κ1) is 16.5. The average molecular weight is 325 g/mol. The number of piperidine rings is 1. The Balaban J connectivity index is 1.62. The van der Waals surface area contributed by atoms with Crippen LogP contribution in [-0.2, 0) is 9.59 Å². The minimum absolute atomic E-state index is 0.0252. The molecule has 24 heavy (non-hydrogen) atoms. The van der Waals surface area contributed by atoms with E-state index in [1.54, 1.807) is 0 Å². The first-order valence-corrected chi connectivity index (χ1v) is 8.37. The molecule has 0 spiro atoms. The molecule has 2 amide bonds. The lowest BCUT2D eigenvalue weighted by Crippen LogP contribution is -2.47. The number of anilines is 1. The Morgan fingerprint density at radius 1 is 1.12 bits per heavy atom. The van der Waals surface area contributed by atoms with Crippen LogP contribution in [0.15, 0.2) is 42.5 Å². The van der Waals surface area contributed by atoms with Gasteiger partial charge in [0.15, 0.2) is 0 Å². The van der Waals surface area contributed by atoms with Crippen molar-refractivity contribution in [2.75, 3.05) is 18.4 Å². The summed E-state index contributed by atoms with van der Waals surface area (Å²) in [6.07, 6.45) is 1.45. The van der Waals surface area contributed by atoms with Crippen molar-refractivity contribution in [1.29, 1.82) is 0 Å². The molecule has 2 aromatic rings. The summed E-state index contributed by atoms with van der Waals surface area (Å²) in [5, 5.41) is 5.24. The van der Waals surface area contributed by atoms with Gasteiger partial charge in [-0.15, -0.1) is 0 Å². The number of nitrogens with two attached hydrogens (primary N) is 1. The molecule has 126 valence electrons. The molecular weight excluding hydrogens is 302 g/mol. The minimum atomic E-state index is -0.233. The molecule has 1 aliphatic heterocycles.